The Bertz CT molecular complexity index is 1610. The molecule has 10 nitrogen and oxygen atoms in total. The Morgan fingerprint density at radius 2 is 1.94 bits per heavy atom. The van der Waals surface area contributed by atoms with E-state index in [1.807, 2.05) is 19.1 Å². The largest absolute Gasteiger partial charge is 0.494 e. The van der Waals surface area contributed by atoms with E-state index in [2.05, 4.69) is 15.3 Å². The van der Waals surface area contributed by atoms with Crippen molar-refractivity contribution in [3.63, 3.8) is 0 Å². The zero-order valence-electron chi connectivity index (χ0n) is 19.6. The predicted molar refractivity (Wildman–Crippen MR) is 138 cm³/mol. The van der Waals surface area contributed by atoms with Gasteiger partial charge in [0.2, 0.25) is 15.9 Å². The lowest BCUT2D eigenvalue weighted by molar-refractivity contribution is -0.116. The van der Waals surface area contributed by atoms with Crippen molar-refractivity contribution in [2.45, 2.75) is 37.6 Å². The third kappa shape index (κ3) is 4.84. The lowest BCUT2D eigenvalue weighted by Gasteiger charge is -2.26. The maximum Gasteiger partial charge on any atom is 0.348 e. The van der Waals surface area contributed by atoms with Gasteiger partial charge in [0.15, 0.2) is 5.13 Å². The van der Waals surface area contributed by atoms with Crippen LogP contribution in [0.5, 0.6) is 5.75 Å². The SMILES string of the molecule is CCOc1ccc2sc(NC(=O)Cn3c(=O)ncc4cc(S(=O)(=O)N5CCCCC5)ccc43)nc2c1. The number of sulfonamides is 1. The summed E-state index contributed by atoms with van der Waals surface area (Å²) in [5.74, 6) is 0.253. The first kappa shape index (κ1) is 24.3. The van der Waals surface area contributed by atoms with Crippen LogP contribution in [0.2, 0.25) is 0 Å². The maximum atomic E-state index is 13.1. The topological polar surface area (TPSA) is 123 Å². The van der Waals surface area contributed by atoms with Crippen LogP contribution >= 0.6 is 11.3 Å². The smallest absolute Gasteiger partial charge is 0.348 e. The quantitative estimate of drug-likeness (QED) is 0.391. The van der Waals surface area contributed by atoms with Crippen molar-refractivity contribution in [2.24, 2.45) is 0 Å². The Morgan fingerprint density at radius 1 is 1.14 bits per heavy atom. The third-order valence-electron chi connectivity index (χ3n) is 6.01. The molecule has 0 radical (unpaired) electrons. The molecule has 1 saturated heterocycles. The Labute approximate surface area is 211 Å². The molecule has 3 heterocycles. The number of nitrogens with zero attached hydrogens (tertiary/aromatic N) is 4. The fourth-order valence-electron chi connectivity index (χ4n) is 4.27. The Morgan fingerprint density at radius 3 is 2.72 bits per heavy atom. The van der Waals surface area contributed by atoms with Crippen LogP contribution in [0.15, 0.2) is 52.3 Å². The number of benzene rings is 2. The van der Waals surface area contributed by atoms with Crippen LogP contribution < -0.4 is 15.7 Å². The number of anilines is 1. The molecule has 0 atom stereocenters. The van der Waals surface area contributed by atoms with Crippen LogP contribution in [-0.4, -0.2) is 52.9 Å². The molecule has 0 saturated carbocycles. The van der Waals surface area contributed by atoms with Gasteiger partial charge in [-0.3, -0.25) is 9.36 Å². The number of amides is 1. The van der Waals surface area contributed by atoms with E-state index in [4.69, 9.17) is 4.74 Å². The lowest BCUT2D eigenvalue weighted by Crippen LogP contribution is -2.35. The predicted octanol–water partition coefficient (Wildman–Crippen LogP) is 3.22. The first-order valence-electron chi connectivity index (χ1n) is 11.7. The van der Waals surface area contributed by atoms with E-state index in [0.29, 0.717) is 47.0 Å². The van der Waals surface area contributed by atoms with Crippen molar-refractivity contribution < 1.29 is 17.9 Å². The van der Waals surface area contributed by atoms with Gasteiger partial charge in [-0.2, -0.15) is 4.31 Å². The Kier molecular flexibility index (Phi) is 6.73. The second kappa shape index (κ2) is 9.96. The van der Waals surface area contributed by atoms with Gasteiger partial charge in [-0.25, -0.2) is 23.2 Å². The van der Waals surface area contributed by atoms with Crippen LogP contribution in [0.1, 0.15) is 26.2 Å². The molecule has 188 valence electrons. The Hall–Kier alpha value is -3.35. The van der Waals surface area contributed by atoms with Gasteiger partial charge in [-0.15, -0.1) is 0 Å². The average Bonchev–Trinajstić information content (AvgIpc) is 3.27. The molecule has 5 rings (SSSR count). The number of thiazole rings is 1. The molecule has 1 amide bonds. The van der Waals surface area contributed by atoms with Crippen LogP contribution in [0.25, 0.3) is 21.1 Å². The molecular formula is C24H25N5O5S2. The van der Waals surface area contributed by atoms with E-state index >= 15 is 0 Å². The number of hydrogen-bond acceptors (Lipinski definition) is 8. The standard InChI is InChI=1S/C24H25N5O5S2/c1-2-34-17-6-9-21-19(13-17)26-23(35-21)27-22(30)15-29-20-8-7-18(12-16(20)14-25-24(29)31)36(32,33)28-10-4-3-5-11-28/h6-9,12-14H,2-5,10-11,15H2,1H3,(H,26,27,30). The Balaban J connectivity index is 1.38. The minimum absolute atomic E-state index is 0.147. The van der Waals surface area contributed by atoms with Crippen molar-refractivity contribution in [2.75, 3.05) is 25.0 Å². The zero-order valence-corrected chi connectivity index (χ0v) is 21.3. The minimum Gasteiger partial charge on any atom is -0.494 e. The lowest BCUT2D eigenvalue weighted by atomic mass is 10.2. The van der Waals surface area contributed by atoms with Crippen molar-refractivity contribution in [3.8, 4) is 5.75 Å². The molecule has 1 aliphatic rings. The number of carbonyl (C=O) groups is 1. The van der Waals surface area contributed by atoms with Crippen molar-refractivity contribution in [1.82, 2.24) is 18.8 Å². The van der Waals surface area contributed by atoms with Crippen LogP contribution in [0.4, 0.5) is 5.13 Å². The molecule has 0 bridgehead atoms. The van der Waals surface area contributed by atoms with Crippen molar-refractivity contribution >= 4 is 53.5 Å². The minimum atomic E-state index is -3.64. The maximum absolute atomic E-state index is 13.1. The van der Waals surface area contributed by atoms with Gasteiger partial charge < -0.3 is 10.1 Å². The van der Waals surface area contributed by atoms with Gasteiger partial charge in [0.25, 0.3) is 0 Å². The zero-order chi connectivity index (χ0) is 25.3. The van der Waals surface area contributed by atoms with E-state index in [-0.39, 0.29) is 11.4 Å². The second-order valence-electron chi connectivity index (χ2n) is 8.44. The summed E-state index contributed by atoms with van der Waals surface area (Å²) in [4.78, 5) is 33.7. The summed E-state index contributed by atoms with van der Waals surface area (Å²) in [6, 6.07) is 10.1. The monoisotopic (exact) mass is 527 g/mol. The summed E-state index contributed by atoms with van der Waals surface area (Å²) in [6.45, 7) is 3.14. The normalized spacial score (nSPS) is 14.8. The van der Waals surface area contributed by atoms with E-state index in [1.54, 1.807) is 12.1 Å². The van der Waals surface area contributed by atoms with Crippen LogP contribution in [0, 0.1) is 0 Å². The molecule has 2 aromatic carbocycles. The fraction of sp³-hybridized carbons (Fsp3) is 0.333. The number of nitrogens with one attached hydrogen (secondary N) is 1. The highest BCUT2D eigenvalue weighted by Crippen LogP contribution is 2.29. The fourth-order valence-corrected chi connectivity index (χ4v) is 6.68. The molecule has 0 spiro atoms. The van der Waals surface area contributed by atoms with Crippen molar-refractivity contribution in [1.29, 1.82) is 0 Å². The second-order valence-corrected chi connectivity index (χ2v) is 11.4. The molecule has 36 heavy (non-hydrogen) atoms. The molecular weight excluding hydrogens is 502 g/mol. The summed E-state index contributed by atoms with van der Waals surface area (Å²) in [6.07, 6.45) is 4.04. The number of aromatic nitrogens is 3. The van der Waals surface area contributed by atoms with Gasteiger partial charge in [0.1, 0.15) is 12.3 Å². The summed E-state index contributed by atoms with van der Waals surface area (Å²) in [5.41, 5.74) is 0.524. The molecule has 4 aromatic rings. The van der Waals surface area contributed by atoms with Gasteiger partial charge in [-0.05, 0) is 50.1 Å². The van der Waals surface area contributed by atoms with Gasteiger partial charge in [0, 0.05) is 30.7 Å². The molecule has 1 N–H and O–H groups in total. The number of carbonyl (C=O) groups excluding carboxylic acids is 1. The van der Waals surface area contributed by atoms with Gasteiger partial charge in [-0.1, -0.05) is 17.8 Å². The summed E-state index contributed by atoms with van der Waals surface area (Å²) < 4.78 is 35.2. The summed E-state index contributed by atoms with van der Waals surface area (Å²) in [7, 11) is -3.64. The van der Waals surface area contributed by atoms with Crippen molar-refractivity contribution in [3.05, 3.63) is 53.1 Å². The number of fused-ring (bicyclic) bond motifs is 2. The highest BCUT2D eigenvalue weighted by atomic mass is 32.2. The van der Waals surface area contributed by atoms with Crippen LogP contribution in [0.3, 0.4) is 0 Å². The van der Waals surface area contributed by atoms with E-state index in [1.165, 1.54) is 38.5 Å². The van der Waals surface area contributed by atoms with Gasteiger partial charge >= 0.3 is 5.69 Å². The molecule has 0 unspecified atom stereocenters. The molecule has 12 heteroatoms. The third-order valence-corrected chi connectivity index (χ3v) is 8.85. The van der Waals surface area contributed by atoms with Gasteiger partial charge in [0.05, 0.1) is 27.2 Å². The molecule has 1 aliphatic heterocycles. The first-order valence-corrected chi connectivity index (χ1v) is 13.9. The van der Waals surface area contributed by atoms with E-state index < -0.39 is 21.6 Å². The number of ether oxygens (including phenoxy) is 1. The number of piperidine rings is 1. The summed E-state index contributed by atoms with van der Waals surface area (Å²) in [5, 5.41) is 3.60. The average molecular weight is 528 g/mol. The molecule has 2 aromatic heterocycles. The van der Waals surface area contributed by atoms with E-state index in [9.17, 15) is 18.0 Å². The number of rotatable bonds is 7. The highest BCUT2D eigenvalue weighted by Gasteiger charge is 2.26. The van der Waals surface area contributed by atoms with E-state index in [0.717, 1.165) is 24.0 Å². The number of hydrogen-bond donors (Lipinski definition) is 1. The first-order chi connectivity index (χ1) is 17.3. The molecule has 0 aliphatic carbocycles. The molecule has 1 fully saturated rings. The van der Waals surface area contributed by atoms with Crippen LogP contribution in [-0.2, 0) is 21.4 Å². The summed E-state index contributed by atoms with van der Waals surface area (Å²) >= 11 is 1.32. The highest BCUT2D eigenvalue weighted by molar-refractivity contribution is 7.89.